The van der Waals surface area contributed by atoms with Crippen LogP contribution in [0.5, 0.6) is 5.75 Å². The molecule has 0 aliphatic carbocycles. The van der Waals surface area contributed by atoms with E-state index >= 15 is 0 Å². The molecule has 0 N–H and O–H groups in total. The quantitative estimate of drug-likeness (QED) is 0.574. The van der Waals surface area contributed by atoms with Crippen molar-refractivity contribution in [3.8, 4) is 5.75 Å². The number of carbonyl (C=O) groups excluding carboxylic acids is 1. The highest BCUT2D eigenvalue weighted by Crippen LogP contribution is 2.26. The lowest BCUT2D eigenvalue weighted by Gasteiger charge is -2.12. The minimum atomic E-state index is -0.210. The van der Waals surface area contributed by atoms with Crippen molar-refractivity contribution in [3.63, 3.8) is 0 Å². The Bertz CT molecular complexity index is 603. The number of rotatable bonds is 5. The highest BCUT2D eigenvalue weighted by atomic mass is 35.5. The van der Waals surface area contributed by atoms with Crippen LogP contribution < -0.4 is 4.74 Å². The maximum Gasteiger partial charge on any atom is 0.311 e. The van der Waals surface area contributed by atoms with Crippen molar-refractivity contribution in [2.75, 3.05) is 0 Å². The first-order valence-electron chi connectivity index (χ1n) is 7.10. The summed E-state index contributed by atoms with van der Waals surface area (Å²) in [6.07, 6.45) is 1.01. The fraction of sp³-hybridized carbons (Fsp3) is 0.278. The smallest absolute Gasteiger partial charge is 0.311 e. The number of halogens is 1. The van der Waals surface area contributed by atoms with Gasteiger partial charge in [-0.15, -0.1) is 0 Å². The number of aryl methyl sites for hydroxylation is 1. The highest BCUT2D eigenvalue weighted by molar-refractivity contribution is 6.30. The lowest BCUT2D eigenvalue weighted by Crippen LogP contribution is -2.10. The van der Waals surface area contributed by atoms with Gasteiger partial charge in [0, 0.05) is 11.4 Å². The zero-order chi connectivity index (χ0) is 15.2. The third-order valence-electron chi connectivity index (χ3n) is 3.30. The molecule has 0 aliphatic rings. The number of hydrogen-bond acceptors (Lipinski definition) is 2. The Labute approximate surface area is 130 Å². The SMILES string of the molecule is CC(C)c1ccccc1OC(=O)CCc1ccc(Cl)cc1. The molecule has 110 valence electrons. The molecule has 0 saturated carbocycles. The first-order chi connectivity index (χ1) is 10.1. The minimum Gasteiger partial charge on any atom is -0.426 e. The second-order valence-corrected chi connectivity index (χ2v) is 5.73. The van der Waals surface area contributed by atoms with Crippen LogP contribution in [0, 0.1) is 0 Å². The molecule has 2 aromatic carbocycles. The van der Waals surface area contributed by atoms with Gasteiger partial charge in [-0.1, -0.05) is 55.8 Å². The Morgan fingerprint density at radius 1 is 1.10 bits per heavy atom. The Kier molecular flexibility index (Phi) is 5.40. The third kappa shape index (κ3) is 4.61. The van der Waals surface area contributed by atoms with Gasteiger partial charge in [0.25, 0.3) is 0 Å². The fourth-order valence-corrected chi connectivity index (χ4v) is 2.25. The summed E-state index contributed by atoms with van der Waals surface area (Å²) in [5.41, 5.74) is 2.13. The number of esters is 1. The first kappa shape index (κ1) is 15.6. The summed E-state index contributed by atoms with van der Waals surface area (Å²) in [5.74, 6) is 0.775. The van der Waals surface area contributed by atoms with Gasteiger partial charge in [-0.05, 0) is 41.7 Å². The van der Waals surface area contributed by atoms with Gasteiger partial charge < -0.3 is 4.74 Å². The predicted molar refractivity (Wildman–Crippen MR) is 85.9 cm³/mol. The monoisotopic (exact) mass is 302 g/mol. The zero-order valence-corrected chi connectivity index (χ0v) is 13.1. The largest absolute Gasteiger partial charge is 0.426 e. The van der Waals surface area contributed by atoms with Gasteiger partial charge in [-0.2, -0.15) is 0 Å². The average Bonchev–Trinajstić information content (AvgIpc) is 2.47. The standard InChI is InChI=1S/C18H19ClO2/c1-13(2)16-5-3-4-6-17(16)21-18(20)12-9-14-7-10-15(19)11-8-14/h3-8,10-11,13H,9,12H2,1-2H3. The van der Waals surface area contributed by atoms with Gasteiger partial charge in [0.1, 0.15) is 5.75 Å². The molecule has 0 fully saturated rings. The highest BCUT2D eigenvalue weighted by Gasteiger charge is 2.11. The molecule has 0 saturated heterocycles. The number of ether oxygens (including phenoxy) is 1. The molecule has 0 radical (unpaired) electrons. The van der Waals surface area contributed by atoms with Crippen LogP contribution >= 0.6 is 11.6 Å². The second kappa shape index (κ2) is 7.28. The van der Waals surface area contributed by atoms with Gasteiger partial charge in [0.2, 0.25) is 0 Å². The number of benzene rings is 2. The van der Waals surface area contributed by atoms with E-state index in [4.69, 9.17) is 16.3 Å². The first-order valence-corrected chi connectivity index (χ1v) is 7.48. The van der Waals surface area contributed by atoms with E-state index in [0.717, 1.165) is 11.1 Å². The molecule has 0 unspecified atom stereocenters. The third-order valence-corrected chi connectivity index (χ3v) is 3.55. The van der Waals surface area contributed by atoms with Crippen molar-refractivity contribution >= 4 is 17.6 Å². The van der Waals surface area contributed by atoms with Crippen LogP contribution in [0.2, 0.25) is 5.02 Å². The molecule has 0 bridgehead atoms. The average molecular weight is 303 g/mol. The molecule has 0 heterocycles. The van der Waals surface area contributed by atoms with Gasteiger partial charge in [-0.25, -0.2) is 0 Å². The molecule has 0 amide bonds. The van der Waals surface area contributed by atoms with E-state index < -0.39 is 0 Å². The van der Waals surface area contributed by atoms with Crippen LogP contribution in [0.4, 0.5) is 0 Å². The maximum atomic E-state index is 12.0. The Hall–Kier alpha value is -1.80. The second-order valence-electron chi connectivity index (χ2n) is 5.29. The minimum absolute atomic E-state index is 0.210. The van der Waals surface area contributed by atoms with Crippen LogP contribution in [0.1, 0.15) is 37.3 Å². The van der Waals surface area contributed by atoms with Crippen LogP contribution in [-0.4, -0.2) is 5.97 Å². The Balaban J connectivity index is 1.94. The normalized spacial score (nSPS) is 10.7. The predicted octanol–water partition coefficient (Wildman–Crippen LogP) is 5.00. The molecule has 0 spiro atoms. The fourth-order valence-electron chi connectivity index (χ4n) is 2.12. The van der Waals surface area contributed by atoms with E-state index in [1.165, 1.54) is 0 Å². The van der Waals surface area contributed by atoms with Crippen LogP contribution in [-0.2, 0) is 11.2 Å². The van der Waals surface area contributed by atoms with Gasteiger partial charge >= 0.3 is 5.97 Å². The molecule has 0 aromatic heterocycles. The molecule has 21 heavy (non-hydrogen) atoms. The van der Waals surface area contributed by atoms with Gasteiger partial charge in [0.05, 0.1) is 0 Å². The molecule has 0 atom stereocenters. The van der Waals surface area contributed by atoms with E-state index in [1.807, 2.05) is 48.5 Å². The van der Waals surface area contributed by atoms with E-state index in [1.54, 1.807) is 0 Å². The number of hydrogen-bond donors (Lipinski definition) is 0. The summed E-state index contributed by atoms with van der Waals surface area (Å²) in [6.45, 7) is 4.17. The number of carbonyl (C=O) groups is 1. The Morgan fingerprint density at radius 2 is 1.76 bits per heavy atom. The van der Waals surface area contributed by atoms with Crippen molar-refractivity contribution in [1.29, 1.82) is 0 Å². The van der Waals surface area contributed by atoms with Crippen molar-refractivity contribution in [1.82, 2.24) is 0 Å². The van der Waals surface area contributed by atoms with Crippen molar-refractivity contribution in [2.45, 2.75) is 32.6 Å². The number of para-hydroxylation sites is 1. The summed E-state index contributed by atoms with van der Waals surface area (Å²) >= 11 is 5.84. The van der Waals surface area contributed by atoms with Crippen LogP contribution in [0.15, 0.2) is 48.5 Å². The van der Waals surface area contributed by atoms with E-state index in [9.17, 15) is 4.79 Å². The van der Waals surface area contributed by atoms with Crippen LogP contribution in [0.3, 0.4) is 0 Å². The molecular formula is C18H19ClO2. The molecular weight excluding hydrogens is 284 g/mol. The molecule has 0 aliphatic heterocycles. The van der Waals surface area contributed by atoms with E-state index in [2.05, 4.69) is 13.8 Å². The zero-order valence-electron chi connectivity index (χ0n) is 12.3. The summed E-state index contributed by atoms with van der Waals surface area (Å²) < 4.78 is 5.49. The van der Waals surface area contributed by atoms with Gasteiger partial charge in [0.15, 0.2) is 0 Å². The summed E-state index contributed by atoms with van der Waals surface area (Å²) in [5, 5.41) is 0.701. The lowest BCUT2D eigenvalue weighted by molar-refractivity contribution is -0.134. The maximum absolute atomic E-state index is 12.0. The molecule has 3 heteroatoms. The lowest BCUT2D eigenvalue weighted by atomic mass is 10.0. The van der Waals surface area contributed by atoms with E-state index in [0.29, 0.717) is 29.5 Å². The molecule has 2 nitrogen and oxygen atoms in total. The summed E-state index contributed by atoms with van der Waals surface area (Å²) in [6, 6.07) is 15.2. The van der Waals surface area contributed by atoms with Gasteiger partial charge in [-0.3, -0.25) is 4.79 Å². The van der Waals surface area contributed by atoms with Crippen molar-refractivity contribution < 1.29 is 9.53 Å². The molecule has 2 rings (SSSR count). The summed E-state index contributed by atoms with van der Waals surface area (Å²) in [7, 11) is 0. The topological polar surface area (TPSA) is 26.3 Å². The summed E-state index contributed by atoms with van der Waals surface area (Å²) in [4.78, 5) is 12.0. The van der Waals surface area contributed by atoms with Crippen molar-refractivity contribution in [3.05, 3.63) is 64.7 Å². The van der Waals surface area contributed by atoms with Crippen LogP contribution in [0.25, 0.3) is 0 Å². The Morgan fingerprint density at radius 3 is 2.43 bits per heavy atom. The van der Waals surface area contributed by atoms with E-state index in [-0.39, 0.29) is 5.97 Å². The van der Waals surface area contributed by atoms with Crippen molar-refractivity contribution in [2.24, 2.45) is 0 Å². The molecule has 2 aromatic rings.